The maximum absolute atomic E-state index is 12.4. The van der Waals surface area contributed by atoms with Crippen LogP contribution < -0.4 is 5.32 Å². The van der Waals surface area contributed by atoms with Crippen molar-refractivity contribution in [2.75, 3.05) is 12.9 Å². The number of amides is 1. The highest BCUT2D eigenvalue weighted by molar-refractivity contribution is 7.91. The fraction of sp³-hybridized carbons (Fsp3) is 0.263. The van der Waals surface area contributed by atoms with E-state index >= 15 is 0 Å². The molecule has 1 amide bonds. The molecule has 27 heavy (non-hydrogen) atoms. The molecule has 0 radical (unpaired) electrons. The average molecular weight is 391 g/mol. The van der Waals surface area contributed by atoms with E-state index in [1.54, 1.807) is 48.5 Å². The number of benzene rings is 2. The van der Waals surface area contributed by atoms with Crippen LogP contribution in [-0.4, -0.2) is 44.3 Å². The molecule has 0 aliphatic rings. The molecule has 2 aromatic rings. The Kier molecular flexibility index (Phi) is 7.09. The van der Waals surface area contributed by atoms with Crippen LogP contribution in [0.1, 0.15) is 18.1 Å². The maximum atomic E-state index is 12.4. The summed E-state index contributed by atoms with van der Waals surface area (Å²) >= 11 is 0. The van der Waals surface area contributed by atoms with E-state index in [-0.39, 0.29) is 11.3 Å². The van der Waals surface area contributed by atoms with E-state index in [0.29, 0.717) is 5.56 Å². The minimum absolute atomic E-state index is 0.111. The van der Waals surface area contributed by atoms with Gasteiger partial charge >= 0.3 is 5.97 Å². The molecule has 0 aliphatic carbocycles. The number of methoxy groups -OCH3 is 1. The molecular formula is C19H21NO6S. The summed E-state index contributed by atoms with van der Waals surface area (Å²) in [5.41, 5.74) is 0.568. The summed E-state index contributed by atoms with van der Waals surface area (Å²) in [6, 6.07) is 15.0. The molecule has 0 saturated carbocycles. The second-order valence-corrected chi connectivity index (χ2v) is 7.96. The summed E-state index contributed by atoms with van der Waals surface area (Å²) in [6.45, 7) is 0. The lowest BCUT2D eigenvalue weighted by Crippen LogP contribution is -2.44. The molecule has 0 fully saturated rings. The van der Waals surface area contributed by atoms with Crippen LogP contribution in [0.25, 0.3) is 0 Å². The monoisotopic (exact) mass is 391 g/mol. The molecule has 0 spiro atoms. The SMILES string of the molecule is CO[C@H](C(=O)N[C@@H](CCS(=O)(=O)c1ccccc1)C(=O)O)c1ccccc1. The van der Waals surface area contributed by atoms with Crippen LogP contribution in [0.5, 0.6) is 0 Å². The minimum Gasteiger partial charge on any atom is -0.480 e. The largest absolute Gasteiger partial charge is 0.480 e. The molecule has 0 unspecified atom stereocenters. The van der Waals surface area contributed by atoms with Gasteiger partial charge in [-0.2, -0.15) is 0 Å². The Bertz CT molecular complexity index is 868. The van der Waals surface area contributed by atoms with E-state index in [2.05, 4.69) is 5.32 Å². The number of carbonyl (C=O) groups excluding carboxylic acids is 1. The summed E-state index contributed by atoms with van der Waals surface area (Å²) in [7, 11) is -2.31. The van der Waals surface area contributed by atoms with Gasteiger partial charge in [-0.05, 0) is 24.1 Å². The van der Waals surface area contributed by atoms with Gasteiger partial charge in [0, 0.05) is 7.11 Å². The predicted octanol–water partition coefficient (Wildman–Crippen LogP) is 1.81. The van der Waals surface area contributed by atoms with Gasteiger partial charge in [0.05, 0.1) is 10.6 Å². The third-order valence-corrected chi connectivity index (χ3v) is 5.73. The van der Waals surface area contributed by atoms with Crippen LogP contribution in [-0.2, 0) is 24.2 Å². The van der Waals surface area contributed by atoms with Crippen LogP contribution >= 0.6 is 0 Å². The van der Waals surface area contributed by atoms with Crippen LogP contribution in [0.3, 0.4) is 0 Å². The smallest absolute Gasteiger partial charge is 0.326 e. The second kappa shape index (κ2) is 9.29. The van der Waals surface area contributed by atoms with E-state index in [4.69, 9.17) is 4.74 Å². The number of carboxylic acid groups (broad SMARTS) is 1. The standard InChI is InChI=1S/C19H21NO6S/c1-26-17(14-8-4-2-5-9-14)18(21)20-16(19(22)23)12-13-27(24,25)15-10-6-3-7-11-15/h2-11,16-17H,12-13H2,1H3,(H,20,21)(H,22,23)/t16-,17-/m0/s1. The van der Waals surface area contributed by atoms with Crippen molar-refractivity contribution >= 4 is 21.7 Å². The van der Waals surface area contributed by atoms with E-state index in [1.807, 2.05) is 0 Å². The van der Waals surface area contributed by atoms with Gasteiger partial charge in [-0.1, -0.05) is 48.5 Å². The van der Waals surface area contributed by atoms with Gasteiger partial charge in [0.25, 0.3) is 5.91 Å². The van der Waals surface area contributed by atoms with Gasteiger partial charge in [-0.25, -0.2) is 13.2 Å². The quantitative estimate of drug-likeness (QED) is 0.675. The van der Waals surface area contributed by atoms with Gasteiger partial charge in [0.15, 0.2) is 15.9 Å². The highest BCUT2D eigenvalue weighted by Gasteiger charge is 2.28. The molecule has 2 N–H and O–H groups in total. The van der Waals surface area contributed by atoms with Gasteiger partial charge in [0.2, 0.25) is 0 Å². The Morgan fingerprint density at radius 3 is 2.11 bits per heavy atom. The van der Waals surface area contributed by atoms with Gasteiger partial charge in [-0.15, -0.1) is 0 Å². The van der Waals surface area contributed by atoms with Crippen molar-refractivity contribution < 1.29 is 27.9 Å². The molecule has 2 rings (SSSR count). The summed E-state index contributed by atoms with van der Waals surface area (Å²) in [5, 5.41) is 11.7. The third kappa shape index (κ3) is 5.63. The van der Waals surface area contributed by atoms with E-state index in [9.17, 15) is 23.1 Å². The average Bonchev–Trinajstić information content (AvgIpc) is 2.67. The number of rotatable bonds is 9. The molecule has 0 heterocycles. The molecule has 2 aromatic carbocycles. The summed E-state index contributed by atoms with van der Waals surface area (Å²) in [4.78, 5) is 24.0. The van der Waals surface area contributed by atoms with E-state index in [0.717, 1.165) is 0 Å². The normalized spacial score (nSPS) is 13.5. The van der Waals surface area contributed by atoms with Crippen molar-refractivity contribution in [3.63, 3.8) is 0 Å². The lowest BCUT2D eigenvalue weighted by Gasteiger charge is -2.19. The number of sulfone groups is 1. The Hall–Kier alpha value is -2.71. The third-order valence-electron chi connectivity index (χ3n) is 3.97. The van der Waals surface area contributed by atoms with Crippen molar-refractivity contribution in [1.82, 2.24) is 5.32 Å². The van der Waals surface area contributed by atoms with Gasteiger partial charge in [0.1, 0.15) is 6.04 Å². The van der Waals surface area contributed by atoms with Crippen molar-refractivity contribution in [3.8, 4) is 0 Å². The first-order chi connectivity index (χ1) is 12.8. The molecular weight excluding hydrogens is 370 g/mol. The zero-order chi connectivity index (χ0) is 19.9. The van der Waals surface area contributed by atoms with Crippen LogP contribution in [0.15, 0.2) is 65.6 Å². The van der Waals surface area contributed by atoms with Crippen LogP contribution in [0.2, 0.25) is 0 Å². The zero-order valence-corrected chi connectivity index (χ0v) is 15.6. The number of carbonyl (C=O) groups is 2. The summed E-state index contributed by atoms with van der Waals surface area (Å²) in [5.74, 6) is -2.36. The number of hydrogen-bond acceptors (Lipinski definition) is 5. The fourth-order valence-corrected chi connectivity index (χ4v) is 3.90. The molecule has 0 aromatic heterocycles. The summed E-state index contributed by atoms with van der Waals surface area (Å²) in [6.07, 6.45) is -1.25. The topological polar surface area (TPSA) is 110 Å². The Morgan fingerprint density at radius 1 is 1.04 bits per heavy atom. The molecule has 0 aliphatic heterocycles. The first kappa shape index (κ1) is 20.6. The van der Waals surface area contributed by atoms with E-state index < -0.39 is 39.6 Å². The Morgan fingerprint density at radius 2 is 1.59 bits per heavy atom. The minimum atomic E-state index is -3.65. The van der Waals surface area contributed by atoms with Crippen molar-refractivity contribution in [2.24, 2.45) is 0 Å². The second-order valence-electron chi connectivity index (χ2n) is 5.85. The predicted molar refractivity (Wildman–Crippen MR) is 98.9 cm³/mol. The highest BCUT2D eigenvalue weighted by Crippen LogP contribution is 2.17. The number of nitrogens with one attached hydrogen (secondary N) is 1. The fourth-order valence-electron chi connectivity index (χ4n) is 2.55. The number of aliphatic carboxylic acids is 1. The van der Waals surface area contributed by atoms with Gasteiger partial charge in [-0.3, -0.25) is 4.79 Å². The van der Waals surface area contributed by atoms with Crippen LogP contribution in [0, 0.1) is 0 Å². The van der Waals surface area contributed by atoms with Crippen molar-refractivity contribution in [1.29, 1.82) is 0 Å². The Labute approximate surface area is 157 Å². The van der Waals surface area contributed by atoms with Gasteiger partial charge < -0.3 is 15.2 Å². The van der Waals surface area contributed by atoms with Crippen molar-refractivity contribution in [2.45, 2.75) is 23.5 Å². The first-order valence-corrected chi connectivity index (χ1v) is 9.89. The number of carboxylic acids is 1. The number of hydrogen-bond donors (Lipinski definition) is 2. The highest BCUT2D eigenvalue weighted by atomic mass is 32.2. The lowest BCUT2D eigenvalue weighted by atomic mass is 10.1. The molecule has 144 valence electrons. The lowest BCUT2D eigenvalue weighted by molar-refractivity contribution is -0.144. The summed E-state index contributed by atoms with van der Waals surface area (Å²) < 4.78 is 29.8. The Balaban J connectivity index is 2.07. The zero-order valence-electron chi connectivity index (χ0n) is 14.7. The molecule has 2 atom stereocenters. The molecule has 8 heteroatoms. The van der Waals surface area contributed by atoms with Crippen LogP contribution in [0.4, 0.5) is 0 Å². The van der Waals surface area contributed by atoms with E-state index in [1.165, 1.54) is 19.2 Å². The first-order valence-electron chi connectivity index (χ1n) is 8.24. The molecule has 0 saturated heterocycles. The van der Waals surface area contributed by atoms with Crippen molar-refractivity contribution in [3.05, 3.63) is 66.2 Å². The molecule has 7 nitrogen and oxygen atoms in total. The maximum Gasteiger partial charge on any atom is 0.326 e. The molecule has 0 bridgehead atoms. The number of ether oxygens (including phenoxy) is 1.